The average molecular weight is 360 g/mol. The summed E-state index contributed by atoms with van der Waals surface area (Å²) in [5.41, 5.74) is 3.53. The van der Waals surface area contributed by atoms with E-state index in [1.165, 1.54) is 0 Å². The largest absolute Gasteiger partial charge is 0.348 e. The summed E-state index contributed by atoms with van der Waals surface area (Å²) in [4.78, 5) is 12.4. The first-order valence-electron chi connectivity index (χ1n) is 8.07. The van der Waals surface area contributed by atoms with Crippen molar-refractivity contribution in [2.75, 3.05) is 17.1 Å². The zero-order chi connectivity index (χ0) is 18.6. The predicted octanol–water partition coefficient (Wildman–Crippen LogP) is 2.95. The molecule has 1 unspecified atom stereocenters. The number of carbonyl (C=O) groups is 1. The predicted molar refractivity (Wildman–Crippen MR) is 101 cm³/mol. The Morgan fingerprint density at radius 2 is 1.72 bits per heavy atom. The highest BCUT2D eigenvalue weighted by molar-refractivity contribution is 7.92. The van der Waals surface area contributed by atoms with E-state index in [2.05, 4.69) is 5.32 Å². The summed E-state index contributed by atoms with van der Waals surface area (Å²) in [6, 6.07) is 14.7. The summed E-state index contributed by atoms with van der Waals surface area (Å²) in [5, 5.41) is 2.86. The van der Waals surface area contributed by atoms with Crippen LogP contribution in [0.15, 0.2) is 48.5 Å². The van der Waals surface area contributed by atoms with Crippen LogP contribution in [0, 0.1) is 13.8 Å². The first kappa shape index (κ1) is 19.0. The van der Waals surface area contributed by atoms with E-state index in [1.807, 2.05) is 51.1 Å². The maximum atomic E-state index is 12.4. The Hall–Kier alpha value is -2.34. The van der Waals surface area contributed by atoms with Gasteiger partial charge < -0.3 is 5.32 Å². The van der Waals surface area contributed by atoms with E-state index in [0.29, 0.717) is 5.69 Å². The number of hydrogen-bond acceptors (Lipinski definition) is 3. The molecular formula is C19H24N2O3S. The summed E-state index contributed by atoms with van der Waals surface area (Å²) < 4.78 is 25.4. The number of benzene rings is 2. The number of sulfonamides is 1. The summed E-state index contributed by atoms with van der Waals surface area (Å²) in [5.74, 6) is -0.347. The summed E-state index contributed by atoms with van der Waals surface area (Å²) >= 11 is 0. The molecule has 0 spiro atoms. The lowest BCUT2D eigenvalue weighted by Crippen LogP contribution is -2.41. The van der Waals surface area contributed by atoms with Crippen molar-refractivity contribution in [2.45, 2.75) is 26.8 Å². The van der Waals surface area contributed by atoms with Gasteiger partial charge in [0.15, 0.2) is 0 Å². The molecule has 0 saturated heterocycles. The molecule has 0 bridgehead atoms. The Bertz CT molecular complexity index is 845. The molecule has 0 aromatic heterocycles. The van der Waals surface area contributed by atoms with Crippen LogP contribution in [0.25, 0.3) is 0 Å². The molecule has 0 aliphatic heterocycles. The van der Waals surface area contributed by atoms with Gasteiger partial charge in [-0.15, -0.1) is 0 Å². The molecule has 0 saturated carbocycles. The fourth-order valence-corrected chi connectivity index (χ4v) is 3.39. The van der Waals surface area contributed by atoms with Gasteiger partial charge in [-0.25, -0.2) is 8.42 Å². The maximum Gasteiger partial charge on any atom is 0.241 e. The Morgan fingerprint density at radius 3 is 2.28 bits per heavy atom. The van der Waals surface area contributed by atoms with Gasteiger partial charge in [-0.2, -0.15) is 0 Å². The van der Waals surface area contributed by atoms with E-state index in [1.54, 1.807) is 18.2 Å². The number of nitrogens with zero attached hydrogens (tertiary/aromatic N) is 1. The smallest absolute Gasteiger partial charge is 0.241 e. The van der Waals surface area contributed by atoms with Crippen LogP contribution >= 0.6 is 0 Å². The van der Waals surface area contributed by atoms with Gasteiger partial charge in [-0.3, -0.25) is 9.10 Å². The van der Waals surface area contributed by atoms with Crippen LogP contribution in [-0.2, 0) is 14.8 Å². The van der Waals surface area contributed by atoms with Crippen LogP contribution in [0.5, 0.6) is 0 Å². The third-order valence-electron chi connectivity index (χ3n) is 3.93. The number of carbonyl (C=O) groups excluding carboxylic acids is 1. The molecule has 0 aliphatic carbocycles. The summed E-state index contributed by atoms with van der Waals surface area (Å²) in [6.45, 7) is 5.50. The number of rotatable bonds is 6. The second-order valence-corrected chi connectivity index (χ2v) is 8.22. The third-order valence-corrected chi connectivity index (χ3v) is 5.07. The number of aryl methyl sites for hydroxylation is 2. The molecule has 0 radical (unpaired) electrons. The first-order chi connectivity index (χ1) is 11.7. The molecule has 1 N–H and O–H groups in total. The molecule has 2 aromatic carbocycles. The van der Waals surface area contributed by atoms with Crippen LogP contribution in [-0.4, -0.2) is 27.1 Å². The van der Waals surface area contributed by atoms with Gasteiger partial charge in [0, 0.05) is 0 Å². The molecule has 1 amide bonds. The lowest BCUT2D eigenvalue weighted by Gasteiger charge is -2.23. The van der Waals surface area contributed by atoms with E-state index >= 15 is 0 Å². The Labute approximate surface area is 149 Å². The summed E-state index contributed by atoms with van der Waals surface area (Å²) in [6.07, 6.45) is 1.10. The minimum absolute atomic E-state index is 0.202. The highest BCUT2D eigenvalue weighted by atomic mass is 32.2. The minimum Gasteiger partial charge on any atom is -0.348 e. The number of amides is 1. The normalized spacial score (nSPS) is 12.5. The van der Waals surface area contributed by atoms with Gasteiger partial charge in [0.2, 0.25) is 15.9 Å². The van der Waals surface area contributed by atoms with Crippen molar-refractivity contribution in [1.82, 2.24) is 5.32 Å². The van der Waals surface area contributed by atoms with Crippen molar-refractivity contribution in [3.63, 3.8) is 0 Å². The monoisotopic (exact) mass is 360 g/mol. The number of nitrogens with one attached hydrogen (secondary N) is 1. The van der Waals surface area contributed by atoms with Crippen molar-refractivity contribution < 1.29 is 13.2 Å². The fraction of sp³-hybridized carbons (Fsp3) is 0.316. The van der Waals surface area contributed by atoms with Crippen LogP contribution in [0.4, 0.5) is 5.69 Å². The molecule has 134 valence electrons. The van der Waals surface area contributed by atoms with Crippen LogP contribution in [0.2, 0.25) is 0 Å². The zero-order valence-electron chi connectivity index (χ0n) is 15.0. The van der Waals surface area contributed by atoms with Crippen LogP contribution in [0.3, 0.4) is 0 Å². The molecular weight excluding hydrogens is 336 g/mol. The SMILES string of the molecule is Cc1ccc(C(C)NC(=O)CN(c2cccc(C)c2)S(C)(=O)=O)cc1. The maximum absolute atomic E-state index is 12.4. The van der Waals surface area contributed by atoms with E-state index < -0.39 is 10.0 Å². The number of anilines is 1. The summed E-state index contributed by atoms with van der Waals surface area (Å²) in [7, 11) is -3.56. The van der Waals surface area contributed by atoms with E-state index in [4.69, 9.17) is 0 Å². The van der Waals surface area contributed by atoms with Gasteiger partial charge in [-0.05, 0) is 44.0 Å². The van der Waals surface area contributed by atoms with E-state index in [9.17, 15) is 13.2 Å². The van der Waals surface area contributed by atoms with Crippen LogP contribution in [0.1, 0.15) is 29.7 Å². The minimum atomic E-state index is -3.56. The zero-order valence-corrected chi connectivity index (χ0v) is 15.8. The average Bonchev–Trinajstić information content (AvgIpc) is 2.52. The quantitative estimate of drug-likeness (QED) is 0.861. The Kier molecular flexibility index (Phi) is 5.85. The van der Waals surface area contributed by atoms with E-state index in [0.717, 1.165) is 27.3 Å². The second-order valence-electron chi connectivity index (χ2n) is 6.31. The molecule has 0 heterocycles. The highest BCUT2D eigenvalue weighted by Crippen LogP contribution is 2.19. The number of hydrogen-bond donors (Lipinski definition) is 1. The standard InChI is InChI=1S/C19H24N2O3S/c1-14-8-10-17(11-9-14)16(3)20-19(22)13-21(25(4,23)24)18-7-5-6-15(2)12-18/h5-12,16H,13H2,1-4H3,(H,20,22). The van der Waals surface area contributed by atoms with Gasteiger partial charge in [0.05, 0.1) is 18.0 Å². The molecule has 0 fully saturated rings. The van der Waals surface area contributed by atoms with Gasteiger partial charge >= 0.3 is 0 Å². The highest BCUT2D eigenvalue weighted by Gasteiger charge is 2.21. The third kappa shape index (κ3) is 5.32. The first-order valence-corrected chi connectivity index (χ1v) is 9.92. The molecule has 6 heteroatoms. The molecule has 25 heavy (non-hydrogen) atoms. The van der Waals surface area contributed by atoms with Crippen molar-refractivity contribution in [3.05, 3.63) is 65.2 Å². The fourth-order valence-electron chi connectivity index (χ4n) is 2.54. The molecule has 2 rings (SSSR count). The Morgan fingerprint density at radius 1 is 1.08 bits per heavy atom. The molecule has 1 atom stereocenters. The molecule has 2 aromatic rings. The molecule has 0 aliphatic rings. The molecule has 5 nitrogen and oxygen atoms in total. The second kappa shape index (κ2) is 7.70. The van der Waals surface area contributed by atoms with Crippen molar-refractivity contribution in [3.8, 4) is 0 Å². The van der Waals surface area contributed by atoms with Crippen LogP contribution < -0.4 is 9.62 Å². The van der Waals surface area contributed by atoms with Crippen molar-refractivity contribution in [1.29, 1.82) is 0 Å². The lowest BCUT2D eigenvalue weighted by atomic mass is 10.1. The lowest BCUT2D eigenvalue weighted by molar-refractivity contribution is -0.120. The van der Waals surface area contributed by atoms with Crippen molar-refractivity contribution in [2.24, 2.45) is 0 Å². The Balaban J connectivity index is 2.13. The van der Waals surface area contributed by atoms with Crippen molar-refractivity contribution >= 4 is 21.6 Å². The van der Waals surface area contributed by atoms with Gasteiger partial charge in [0.1, 0.15) is 6.54 Å². The van der Waals surface area contributed by atoms with E-state index in [-0.39, 0.29) is 18.5 Å². The topological polar surface area (TPSA) is 66.5 Å². The van der Waals surface area contributed by atoms with Gasteiger partial charge in [-0.1, -0.05) is 42.0 Å². The van der Waals surface area contributed by atoms with Gasteiger partial charge in [0.25, 0.3) is 0 Å².